The molecule has 7 nitrogen and oxygen atoms in total. The average Bonchev–Trinajstić information content (AvgIpc) is 2.98. The molecular formula is C33H46Cl2N4O3. The molecule has 0 aliphatic carbocycles. The van der Waals surface area contributed by atoms with Crippen molar-refractivity contribution < 1.29 is 14.4 Å². The Balaban J connectivity index is 0.00000484. The van der Waals surface area contributed by atoms with Gasteiger partial charge in [-0.25, -0.2) is 0 Å². The minimum Gasteiger partial charge on any atom is -0.343 e. The fourth-order valence-corrected chi connectivity index (χ4v) is 6.37. The zero-order chi connectivity index (χ0) is 29.4. The number of carbonyl (C=O) groups is 3. The van der Waals surface area contributed by atoms with Crippen LogP contribution in [0, 0.1) is 12.8 Å². The normalized spacial score (nSPS) is 16.5. The summed E-state index contributed by atoms with van der Waals surface area (Å²) >= 11 is 6.46. The Morgan fingerprint density at radius 2 is 1.62 bits per heavy atom. The smallest absolute Gasteiger partial charge is 0.230 e. The molecule has 0 aromatic heterocycles. The monoisotopic (exact) mass is 616 g/mol. The number of halogens is 2. The lowest BCUT2D eigenvalue weighted by atomic mass is 9.94. The molecule has 0 N–H and O–H groups in total. The van der Waals surface area contributed by atoms with Crippen LogP contribution >= 0.6 is 24.0 Å². The number of carbonyl (C=O) groups excluding carboxylic acids is 3. The number of benzene rings is 2. The van der Waals surface area contributed by atoms with Crippen LogP contribution in [0.25, 0.3) is 0 Å². The Bertz CT molecular complexity index is 1180. The third-order valence-corrected chi connectivity index (χ3v) is 9.14. The van der Waals surface area contributed by atoms with Gasteiger partial charge in [-0.3, -0.25) is 14.4 Å². The molecule has 2 fully saturated rings. The van der Waals surface area contributed by atoms with Gasteiger partial charge in [0.25, 0.3) is 0 Å². The van der Waals surface area contributed by atoms with Crippen molar-refractivity contribution in [2.45, 2.75) is 65.3 Å². The maximum Gasteiger partial charge on any atom is 0.230 e. The van der Waals surface area contributed by atoms with Gasteiger partial charge in [0.1, 0.15) is 0 Å². The lowest BCUT2D eigenvalue weighted by molar-refractivity contribution is -0.133. The van der Waals surface area contributed by atoms with E-state index in [0.29, 0.717) is 43.9 Å². The van der Waals surface area contributed by atoms with Gasteiger partial charge in [0.2, 0.25) is 17.7 Å². The molecule has 4 rings (SSSR count). The highest BCUT2D eigenvalue weighted by atomic mass is 35.5. The first kappa shape index (κ1) is 33.9. The van der Waals surface area contributed by atoms with Crippen LogP contribution in [0.15, 0.2) is 48.5 Å². The predicted molar refractivity (Wildman–Crippen MR) is 172 cm³/mol. The molecule has 3 amide bonds. The maximum absolute atomic E-state index is 13.7. The molecule has 2 aliphatic rings. The molecule has 0 spiro atoms. The van der Waals surface area contributed by atoms with E-state index in [4.69, 9.17) is 11.6 Å². The van der Waals surface area contributed by atoms with Crippen molar-refractivity contribution in [1.29, 1.82) is 0 Å². The highest BCUT2D eigenvalue weighted by Gasteiger charge is 2.31. The Morgan fingerprint density at radius 3 is 2.21 bits per heavy atom. The van der Waals surface area contributed by atoms with Gasteiger partial charge in [0.15, 0.2) is 0 Å². The van der Waals surface area contributed by atoms with Crippen LogP contribution in [0.4, 0.5) is 5.69 Å². The van der Waals surface area contributed by atoms with Crippen LogP contribution in [-0.4, -0.2) is 84.3 Å². The van der Waals surface area contributed by atoms with Crippen molar-refractivity contribution in [3.05, 3.63) is 64.7 Å². The van der Waals surface area contributed by atoms with E-state index in [0.717, 1.165) is 62.3 Å². The summed E-state index contributed by atoms with van der Waals surface area (Å²) in [5.74, 6) is 0.318. The molecule has 0 radical (unpaired) electrons. The second-order valence-corrected chi connectivity index (χ2v) is 11.9. The van der Waals surface area contributed by atoms with Gasteiger partial charge in [0.05, 0.1) is 6.42 Å². The third kappa shape index (κ3) is 8.95. The number of hydrogen-bond acceptors (Lipinski definition) is 4. The molecular weight excluding hydrogens is 571 g/mol. The fourth-order valence-electron chi connectivity index (χ4n) is 6.20. The molecule has 0 atom stereocenters. The van der Waals surface area contributed by atoms with Gasteiger partial charge in [-0.05, 0) is 75.8 Å². The van der Waals surface area contributed by atoms with E-state index in [1.165, 1.54) is 0 Å². The molecule has 9 heteroatoms. The predicted octanol–water partition coefficient (Wildman–Crippen LogP) is 5.61. The zero-order valence-corrected chi connectivity index (χ0v) is 26.8. The highest BCUT2D eigenvalue weighted by molar-refractivity contribution is 6.31. The molecule has 2 aromatic rings. The highest BCUT2D eigenvalue weighted by Crippen LogP contribution is 2.28. The Labute approximate surface area is 262 Å². The molecule has 2 aromatic carbocycles. The van der Waals surface area contributed by atoms with E-state index in [-0.39, 0.29) is 42.1 Å². The number of likely N-dealkylation sites (tertiary alicyclic amines) is 2. The average molecular weight is 618 g/mol. The van der Waals surface area contributed by atoms with E-state index in [9.17, 15) is 14.4 Å². The Morgan fingerprint density at radius 1 is 0.952 bits per heavy atom. The van der Waals surface area contributed by atoms with Crippen molar-refractivity contribution in [2.75, 3.05) is 50.7 Å². The molecule has 230 valence electrons. The van der Waals surface area contributed by atoms with Crippen molar-refractivity contribution in [2.24, 2.45) is 5.92 Å². The molecule has 2 saturated heterocycles. The quantitative estimate of drug-likeness (QED) is 0.348. The minimum atomic E-state index is -0.0881. The summed E-state index contributed by atoms with van der Waals surface area (Å²) in [5.41, 5.74) is 2.89. The second-order valence-electron chi connectivity index (χ2n) is 11.5. The zero-order valence-electron chi connectivity index (χ0n) is 25.3. The third-order valence-electron chi connectivity index (χ3n) is 8.74. The minimum absolute atomic E-state index is 0. The van der Waals surface area contributed by atoms with Crippen molar-refractivity contribution in [3.8, 4) is 0 Å². The molecule has 0 unspecified atom stereocenters. The van der Waals surface area contributed by atoms with Gasteiger partial charge in [-0.1, -0.05) is 48.0 Å². The first-order valence-electron chi connectivity index (χ1n) is 15.2. The van der Waals surface area contributed by atoms with Crippen molar-refractivity contribution >= 4 is 47.4 Å². The number of anilines is 1. The van der Waals surface area contributed by atoms with Gasteiger partial charge in [-0.15, -0.1) is 12.4 Å². The number of rotatable bonds is 10. The second kappa shape index (κ2) is 16.3. The van der Waals surface area contributed by atoms with Gasteiger partial charge in [-0.2, -0.15) is 0 Å². The summed E-state index contributed by atoms with van der Waals surface area (Å²) in [6.07, 6.45) is 4.64. The lowest BCUT2D eigenvalue weighted by Crippen LogP contribution is -2.48. The van der Waals surface area contributed by atoms with Crippen LogP contribution in [0.5, 0.6) is 0 Å². The van der Waals surface area contributed by atoms with Crippen LogP contribution in [-0.2, 0) is 20.8 Å². The first-order chi connectivity index (χ1) is 19.8. The molecule has 42 heavy (non-hydrogen) atoms. The number of aryl methyl sites for hydroxylation is 1. The van der Waals surface area contributed by atoms with Crippen LogP contribution < -0.4 is 4.90 Å². The van der Waals surface area contributed by atoms with Crippen LogP contribution in [0.1, 0.15) is 57.1 Å². The van der Waals surface area contributed by atoms with E-state index >= 15 is 0 Å². The summed E-state index contributed by atoms with van der Waals surface area (Å²) in [6, 6.07) is 16.1. The van der Waals surface area contributed by atoms with Gasteiger partial charge < -0.3 is 19.6 Å². The van der Waals surface area contributed by atoms with Gasteiger partial charge in [0, 0.05) is 68.9 Å². The van der Waals surface area contributed by atoms with Gasteiger partial charge >= 0.3 is 0 Å². The molecule has 2 aliphatic heterocycles. The summed E-state index contributed by atoms with van der Waals surface area (Å²) < 4.78 is 0. The van der Waals surface area contributed by atoms with Crippen LogP contribution in [0.3, 0.4) is 0 Å². The summed E-state index contributed by atoms with van der Waals surface area (Å²) in [4.78, 5) is 46.8. The molecule has 2 heterocycles. The van der Waals surface area contributed by atoms with Crippen molar-refractivity contribution in [1.82, 2.24) is 14.7 Å². The number of likely N-dealkylation sites (N-methyl/N-ethyl adjacent to an activating group) is 1. The molecule has 0 bridgehead atoms. The maximum atomic E-state index is 13.7. The summed E-state index contributed by atoms with van der Waals surface area (Å²) in [6.45, 7) is 11.1. The van der Waals surface area contributed by atoms with E-state index in [2.05, 4.69) is 16.7 Å². The summed E-state index contributed by atoms with van der Waals surface area (Å²) in [5, 5.41) is 0.663. The molecule has 0 saturated carbocycles. The topological polar surface area (TPSA) is 64.2 Å². The summed E-state index contributed by atoms with van der Waals surface area (Å²) in [7, 11) is 0. The number of amides is 3. The van der Waals surface area contributed by atoms with E-state index in [1.54, 1.807) is 6.92 Å². The Hall–Kier alpha value is -2.61. The lowest BCUT2D eigenvalue weighted by Gasteiger charge is -2.38. The number of hydrogen-bond donors (Lipinski definition) is 0. The van der Waals surface area contributed by atoms with Crippen molar-refractivity contribution in [3.63, 3.8) is 0 Å². The SMILES string of the molecule is CCN(C(=O)Cc1ccccc1)C1CCN(CCCN(C(=O)C2CCN(C(C)=O)CC2)c2ccc(C)c(Cl)c2)CC1.Cl. The standard InChI is InChI=1S/C33H45ClN4O3.ClH/c1-4-37(32(40)23-27-9-6-5-7-10-27)29-15-19-35(20-16-29)17-8-18-38(30-12-11-25(2)31(34)24-30)33(41)28-13-21-36(22-14-28)26(3)39;/h5-7,9-12,24,28-29H,4,8,13-23H2,1-3H3;1H. The van der Waals surface area contributed by atoms with Crippen LogP contribution in [0.2, 0.25) is 5.02 Å². The van der Waals surface area contributed by atoms with E-state index in [1.807, 2.05) is 65.3 Å². The number of piperidine rings is 2. The fraction of sp³-hybridized carbons (Fsp3) is 0.545. The van der Waals surface area contributed by atoms with E-state index < -0.39 is 0 Å². The largest absolute Gasteiger partial charge is 0.343 e. The first-order valence-corrected chi connectivity index (χ1v) is 15.5. The Kier molecular flexibility index (Phi) is 13.1. The number of nitrogens with zero attached hydrogens (tertiary/aromatic N) is 4.